The molecule has 0 unspecified atom stereocenters. The first-order valence-electron chi connectivity index (χ1n) is 7.06. The molecule has 3 rings (SSSR count). The van der Waals surface area contributed by atoms with Crippen molar-refractivity contribution in [2.45, 2.75) is 6.92 Å². The smallest absolute Gasteiger partial charge is 0.293 e. The number of anilines is 1. The molecule has 1 aromatic carbocycles. The van der Waals surface area contributed by atoms with E-state index in [-0.39, 0.29) is 28.7 Å². The summed E-state index contributed by atoms with van der Waals surface area (Å²) < 4.78 is 5.45. The van der Waals surface area contributed by atoms with E-state index in [0.29, 0.717) is 0 Å². The van der Waals surface area contributed by atoms with E-state index in [1.54, 1.807) is 19.1 Å². The SMILES string of the molecule is C=Cn1nnc(NC(=O)c2ccc(-c3ccc(C)cc3[N+](=O)[O-])o2)n1. The van der Waals surface area contributed by atoms with Crippen LogP contribution in [0.15, 0.2) is 41.3 Å². The number of amides is 1. The van der Waals surface area contributed by atoms with Crippen molar-refractivity contribution in [1.82, 2.24) is 20.2 Å². The molecule has 25 heavy (non-hydrogen) atoms. The maximum Gasteiger partial charge on any atom is 0.293 e. The number of aromatic nitrogens is 4. The molecule has 10 nitrogen and oxygen atoms in total. The van der Waals surface area contributed by atoms with Crippen molar-refractivity contribution in [3.63, 3.8) is 0 Å². The van der Waals surface area contributed by atoms with E-state index in [9.17, 15) is 14.9 Å². The molecule has 0 aliphatic heterocycles. The average Bonchev–Trinajstić information content (AvgIpc) is 3.23. The molecule has 0 radical (unpaired) electrons. The first kappa shape index (κ1) is 16.1. The van der Waals surface area contributed by atoms with Crippen LogP contribution in [0.5, 0.6) is 0 Å². The van der Waals surface area contributed by atoms with E-state index in [1.807, 2.05) is 0 Å². The summed E-state index contributed by atoms with van der Waals surface area (Å²) in [6, 6.07) is 7.63. The summed E-state index contributed by atoms with van der Waals surface area (Å²) in [5.41, 5.74) is 0.929. The lowest BCUT2D eigenvalue weighted by Crippen LogP contribution is -2.12. The number of hydrogen-bond donors (Lipinski definition) is 1. The standard InChI is InChI=1S/C15H12N6O4/c1-3-20-18-15(17-19-20)16-14(22)13-7-6-12(25-13)10-5-4-9(2)8-11(10)21(23)24/h3-8H,1H2,2H3,(H,16,18,22). The minimum atomic E-state index is -0.607. The first-order chi connectivity index (χ1) is 12.0. The number of aryl methyl sites for hydroxylation is 1. The molecule has 1 N–H and O–H groups in total. The number of hydrogen-bond acceptors (Lipinski definition) is 7. The summed E-state index contributed by atoms with van der Waals surface area (Å²) in [7, 11) is 0. The largest absolute Gasteiger partial charge is 0.451 e. The molecule has 3 aromatic rings. The van der Waals surface area contributed by atoms with Gasteiger partial charge < -0.3 is 4.42 Å². The van der Waals surface area contributed by atoms with Crippen molar-refractivity contribution >= 4 is 23.7 Å². The summed E-state index contributed by atoms with van der Waals surface area (Å²) in [4.78, 5) is 23.9. The van der Waals surface area contributed by atoms with Gasteiger partial charge in [0.1, 0.15) is 5.76 Å². The predicted octanol–water partition coefficient (Wildman–Crippen LogP) is 2.50. The lowest BCUT2D eigenvalue weighted by atomic mass is 10.1. The number of carbonyl (C=O) groups is 1. The van der Waals surface area contributed by atoms with Crippen LogP contribution in [-0.4, -0.2) is 31.0 Å². The van der Waals surface area contributed by atoms with E-state index in [1.165, 1.54) is 24.4 Å². The molecule has 0 bridgehead atoms. The third kappa shape index (κ3) is 3.27. The molecule has 0 aliphatic rings. The number of tetrazole rings is 1. The number of nitro benzene ring substituents is 1. The normalized spacial score (nSPS) is 10.4. The Bertz CT molecular complexity index is 974. The van der Waals surface area contributed by atoms with E-state index >= 15 is 0 Å². The molecule has 10 heteroatoms. The van der Waals surface area contributed by atoms with Crippen LogP contribution in [0, 0.1) is 17.0 Å². The summed E-state index contributed by atoms with van der Waals surface area (Å²) in [6.45, 7) is 5.21. The van der Waals surface area contributed by atoms with Crippen LogP contribution in [0.2, 0.25) is 0 Å². The van der Waals surface area contributed by atoms with Gasteiger partial charge in [0.15, 0.2) is 5.76 Å². The topological polar surface area (TPSA) is 129 Å². The Labute approximate surface area is 140 Å². The Kier molecular flexibility index (Phi) is 4.08. The van der Waals surface area contributed by atoms with Gasteiger partial charge >= 0.3 is 0 Å². The number of carbonyl (C=O) groups excluding carboxylic acids is 1. The van der Waals surface area contributed by atoms with Gasteiger partial charge in [-0.25, -0.2) is 0 Å². The van der Waals surface area contributed by atoms with Gasteiger partial charge in [-0.1, -0.05) is 17.7 Å². The van der Waals surface area contributed by atoms with Crippen molar-refractivity contribution < 1.29 is 14.1 Å². The Morgan fingerprint density at radius 3 is 2.88 bits per heavy atom. The van der Waals surface area contributed by atoms with Gasteiger partial charge in [-0.3, -0.25) is 20.2 Å². The highest BCUT2D eigenvalue weighted by molar-refractivity contribution is 6.01. The van der Waals surface area contributed by atoms with Crippen LogP contribution in [0.3, 0.4) is 0 Å². The monoisotopic (exact) mass is 340 g/mol. The number of nitrogens with zero attached hydrogens (tertiary/aromatic N) is 5. The first-order valence-corrected chi connectivity index (χ1v) is 7.06. The molecule has 0 saturated carbocycles. The van der Waals surface area contributed by atoms with Crippen LogP contribution in [-0.2, 0) is 0 Å². The molecule has 1 amide bonds. The van der Waals surface area contributed by atoms with Crippen molar-refractivity contribution in [2.75, 3.05) is 5.32 Å². The van der Waals surface area contributed by atoms with Crippen LogP contribution in [0.1, 0.15) is 16.1 Å². The second-order valence-corrected chi connectivity index (χ2v) is 5.01. The minimum absolute atomic E-state index is 0.0239. The number of furan rings is 1. The summed E-state index contributed by atoms with van der Waals surface area (Å²) in [6.07, 6.45) is 1.31. The number of nitrogens with one attached hydrogen (secondary N) is 1. The molecule has 2 aromatic heterocycles. The number of rotatable bonds is 5. The van der Waals surface area contributed by atoms with Gasteiger partial charge in [0.25, 0.3) is 17.5 Å². The van der Waals surface area contributed by atoms with Crippen molar-refractivity contribution in [1.29, 1.82) is 0 Å². The molecular formula is C15H12N6O4. The fourth-order valence-corrected chi connectivity index (χ4v) is 2.12. The Morgan fingerprint density at radius 2 is 2.20 bits per heavy atom. The maximum absolute atomic E-state index is 12.1. The van der Waals surface area contributed by atoms with Crippen molar-refractivity contribution in [3.8, 4) is 11.3 Å². The van der Waals surface area contributed by atoms with Gasteiger partial charge in [0.2, 0.25) is 0 Å². The second-order valence-electron chi connectivity index (χ2n) is 5.01. The quantitative estimate of drug-likeness (QED) is 0.558. The van der Waals surface area contributed by atoms with Crippen molar-refractivity contribution in [3.05, 3.63) is 58.3 Å². The highest BCUT2D eigenvalue weighted by Crippen LogP contribution is 2.32. The van der Waals surface area contributed by atoms with E-state index in [2.05, 4.69) is 27.3 Å². The molecule has 0 aliphatic carbocycles. The zero-order valence-electron chi connectivity index (χ0n) is 13.0. The molecular weight excluding hydrogens is 328 g/mol. The number of nitro groups is 1. The average molecular weight is 340 g/mol. The summed E-state index contributed by atoms with van der Waals surface area (Å²) in [5, 5.41) is 24.7. The fraction of sp³-hybridized carbons (Fsp3) is 0.0667. The second kappa shape index (κ2) is 6.35. The number of benzene rings is 1. The molecule has 0 spiro atoms. The molecule has 0 fully saturated rings. The van der Waals surface area contributed by atoms with Crippen LogP contribution >= 0.6 is 0 Å². The van der Waals surface area contributed by atoms with Gasteiger partial charge in [-0.05, 0) is 35.9 Å². The van der Waals surface area contributed by atoms with Gasteiger partial charge in [0.05, 0.1) is 10.5 Å². The Balaban J connectivity index is 1.86. The van der Waals surface area contributed by atoms with Gasteiger partial charge in [-0.2, -0.15) is 0 Å². The Morgan fingerprint density at radius 1 is 1.40 bits per heavy atom. The summed E-state index contributed by atoms with van der Waals surface area (Å²) >= 11 is 0. The maximum atomic E-state index is 12.1. The van der Waals surface area contributed by atoms with E-state index in [4.69, 9.17) is 4.42 Å². The molecule has 126 valence electrons. The van der Waals surface area contributed by atoms with Crippen LogP contribution < -0.4 is 5.32 Å². The fourth-order valence-electron chi connectivity index (χ4n) is 2.12. The third-order valence-corrected chi connectivity index (χ3v) is 3.26. The zero-order valence-corrected chi connectivity index (χ0v) is 13.0. The lowest BCUT2D eigenvalue weighted by Gasteiger charge is -2.01. The van der Waals surface area contributed by atoms with Crippen LogP contribution in [0.4, 0.5) is 11.6 Å². The van der Waals surface area contributed by atoms with Gasteiger partial charge in [-0.15, -0.1) is 9.90 Å². The lowest BCUT2D eigenvalue weighted by molar-refractivity contribution is -0.384. The minimum Gasteiger partial charge on any atom is -0.451 e. The molecule has 0 atom stereocenters. The van der Waals surface area contributed by atoms with E-state index in [0.717, 1.165) is 10.4 Å². The third-order valence-electron chi connectivity index (χ3n) is 3.26. The predicted molar refractivity (Wildman–Crippen MR) is 87.7 cm³/mol. The van der Waals surface area contributed by atoms with E-state index < -0.39 is 10.8 Å². The Hall–Kier alpha value is -3.82. The van der Waals surface area contributed by atoms with Crippen molar-refractivity contribution in [2.24, 2.45) is 0 Å². The summed E-state index contributed by atoms with van der Waals surface area (Å²) in [5.74, 6) is -0.465. The molecule has 2 heterocycles. The molecule has 0 saturated heterocycles. The zero-order chi connectivity index (χ0) is 18.0. The highest BCUT2D eigenvalue weighted by Gasteiger charge is 2.20. The highest BCUT2D eigenvalue weighted by atomic mass is 16.6. The van der Waals surface area contributed by atoms with Gasteiger partial charge in [0, 0.05) is 12.3 Å². The van der Waals surface area contributed by atoms with Crippen LogP contribution in [0.25, 0.3) is 17.5 Å².